The first kappa shape index (κ1) is 9.38. The molecule has 13 heavy (non-hydrogen) atoms. The van der Waals surface area contributed by atoms with Crippen LogP contribution in [0.1, 0.15) is 0 Å². The number of nitrogens with zero attached hydrogens (tertiary/aromatic N) is 3. The van der Waals surface area contributed by atoms with Crippen molar-refractivity contribution in [2.75, 3.05) is 13.2 Å². The van der Waals surface area contributed by atoms with Gasteiger partial charge in [-0.3, -0.25) is 0 Å². The molecule has 0 unspecified atom stereocenters. The number of aliphatic hydroxyl groups is 1. The summed E-state index contributed by atoms with van der Waals surface area (Å²) >= 11 is 0. The number of benzene rings is 1. The van der Waals surface area contributed by atoms with Crippen LogP contribution >= 0.6 is 0 Å². The Kier molecular flexibility index (Phi) is 3.63. The molecule has 5 heteroatoms. The summed E-state index contributed by atoms with van der Waals surface area (Å²) in [5.74, 6) is 0.481. The summed E-state index contributed by atoms with van der Waals surface area (Å²) in [6, 6.07) is 6.84. The molecule has 5 nitrogen and oxygen atoms in total. The van der Waals surface area contributed by atoms with Crippen LogP contribution in [0.4, 0.5) is 5.69 Å². The van der Waals surface area contributed by atoms with Gasteiger partial charge in [0.2, 0.25) is 0 Å². The van der Waals surface area contributed by atoms with E-state index in [-0.39, 0.29) is 13.2 Å². The lowest BCUT2D eigenvalue weighted by atomic mass is 10.3. The summed E-state index contributed by atoms with van der Waals surface area (Å²) in [5.41, 5.74) is 8.65. The monoisotopic (exact) mass is 179 g/mol. The molecule has 1 rings (SSSR count). The summed E-state index contributed by atoms with van der Waals surface area (Å²) in [6.07, 6.45) is 0. The Labute approximate surface area is 75.2 Å². The molecule has 1 aromatic carbocycles. The van der Waals surface area contributed by atoms with E-state index in [9.17, 15) is 0 Å². The van der Waals surface area contributed by atoms with Gasteiger partial charge in [-0.1, -0.05) is 17.2 Å². The van der Waals surface area contributed by atoms with Gasteiger partial charge < -0.3 is 9.84 Å². The third-order valence-corrected chi connectivity index (χ3v) is 1.37. The molecule has 0 saturated heterocycles. The summed E-state index contributed by atoms with van der Waals surface area (Å²) in [5, 5.41) is 12.0. The molecule has 0 aliphatic heterocycles. The van der Waals surface area contributed by atoms with Gasteiger partial charge in [-0.05, 0) is 17.7 Å². The molecule has 0 saturated carbocycles. The Bertz CT molecular complexity index is 321. The minimum Gasteiger partial charge on any atom is -0.491 e. The smallest absolute Gasteiger partial charge is 0.128 e. The van der Waals surface area contributed by atoms with Crippen molar-refractivity contribution < 1.29 is 9.84 Å². The lowest BCUT2D eigenvalue weighted by Crippen LogP contribution is -2.01. The second kappa shape index (κ2) is 5.03. The van der Waals surface area contributed by atoms with E-state index in [1.54, 1.807) is 24.3 Å². The van der Waals surface area contributed by atoms with Crippen molar-refractivity contribution in [1.29, 1.82) is 0 Å². The Morgan fingerprint density at radius 2 is 2.23 bits per heavy atom. The number of ether oxygens (including phenoxy) is 1. The van der Waals surface area contributed by atoms with Crippen molar-refractivity contribution in [3.05, 3.63) is 34.7 Å². The summed E-state index contributed by atoms with van der Waals surface area (Å²) in [6.45, 7) is 0.128. The largest absolute Gasteiger partial charge is 0.491 e. The zero-order valence-electron chi connectivity index (χ0n) is 6.92. The summed E-state index contributed by atoms with van der Waals surface area (Å²) < 4.78 is 5.12. The highest BCUT2D eigenvalue weighted by Gasteiger charge is 1.98. The van der Waals surface area contributed by atoms with Crippen molar-refractivity contribution >= 4 is 5.69 Å². The predicted octanol–water partition coefficient (Wildman–Crippen LogP) is 2.00. The number of rotatable bonds is 4. The van der Waals surface area contributed by atoms with E-state index in [1.165, 1.54) is 0 Å². The van der Waals surface area contributed by atoms with Crippen LogP contribution in [0.2, 0.25) is 0 Å². The van der Waals surface area contributed by atoms with E-state index in [0.29, 0.717) is 11.4 Å². The summed E-state index contributed by atoms with van der Waals surface area (Å²) in [4.78, 5) is 2.66. The molecule has 0 fully saturated rings. The van der Waals surface area contributed by atoms with Crippen LogP contribution in [-0.2, 0) is 0 Å². The van der Waals surface area contributed by atoms with Crippen molar-refractivity contribution in [1.82, 2.24) is 0 Å². The van der Waals surface area contributed by atoms with Crippen LogP contribution in [-0.4, -0.2) is 18.3 Å². The maximum absolute atomic E-state index is 8.52. The van der Waals surface area contributed by atoms with E-state index in [0.717, 1.165) is 0 Å². The Balaban J connectivity index is 2.84. The van der Waals surface area contributed by atoms with Crippen LogP contribution in [0.25, 0.3) is 10.4 Å². The first-order chi connectivity index (χ1) is 6.38. The molecule has 1 N–H and O–H groups in total. The lowest BCUT2D eigenvalue weighted by Gasteiger charge is -2.05. The van der Waals surface area contributed by atoms with Gasteiger partial charge in [-0.25, -0.2) is 0 Å². The maximum Gasteiger partial charge on any atom is 0.128 e. The first-order valence-corrected chi connectivity index (χ1v) is 3.76. The van der Waals surface area contributed by atoms with Gasteiger partial charge in [-0.15, -0.1) is 0 Å². The quantitative estimate of drug-likeness (QED) is 0.435. The Morgan fingerprint density at radius 1 is 1.46 bits per heavy atom. The molecule has 0 atom stereocenters. The van der Waals surface area contributed by atoms with Gasteiger partial charge in [0.25, 0.3) is 0 Å². The van der Waals surface area contributed by atoms with Gasteiger partial charge in [0, 0.05) is 4.91 Å². The highest BCUT2D eigenvalue weighted by atomic mass is 16.5. The van der Waals surface area contributed by atoms with Crippen molar-refractivity contribution in [2.24, 2.45) is 5.11 Å². The molecule has 0 radical (unpaired) electrons. The zero-order chi connectivity index (χ0) is 9.52. The highest BCUT2D eigenvalue weighted by molar-refractivity contribution is 5.50. The Hall–Kier alpha value is -1.71. The van der Waals surface area contributed by atoms with E-state index in [4.69, 9.17) is 15.4 Å². The Morgan fingerprint density at radius 3 is 2.92 bits per heavy atom. The molecule has 0 amide bonds. The van der Waals surface area contributed by atoms with Crippen LogP contribution in [0.3, 0.4) is 0 Å². The molecular formula is C8H9N3O2. The predicted molar refractivity (Wildman–Crippen MR) is 47.8 cm³/mol. The normalized spacial score (nSPS) is 9.00. The standard InChI is InChI=1S/C8H9N3O2/c9-11-10-7-3-1-2-4-8(7)13-6-5-12/h1-4,12H,5-6H2. The highest BCUT2D eigenvalue weighted by Crippen LogP contribution is 2.26. The fourth-order valence-electron chi connectivity index (χ4n) is 0.866. The van der Waals surface area contributed by atoms with Gasteiger partial charge in [0.1, 0.15) is 12.4 Å². The molecule has 0 heterocycles. The van der Waals surface area contributed by atoms with Gasteiger partial charge in [0.15, 0.2) is 0 Å². The lowest BCUT2D eigenvalue weighted by molar-refractivity contribution is 0.202. The van der Waals surface area contributed by atoms with E-state index >= 15 is 0 Å². The number of aliphatic hydroxyl groups excluding tert-OH is 1. The minimum absolute atomic E-state index is 0.0649. The minimum atomic E-state index is -0.0649. The summed E-state index contributed by atoms with van der Waals surface area (Å²) in [7, 11) is 0. The van der Waals surface area contributed by atoms with Crippen LogP contribution in [0.15, 0.2) is 29.4 Å². The fourth-order valence-corrected chi connectivity index (χ4v) is 0.866. The molecule has 0 aromatic heterocycles. The average molecular weight is 179 g/mol. The first-order valence-electron chi connectivity index (χ1n) is 3.76. The molecule has 0 aliphatic rings. The van der Waals surface area contributed by atoms with E-state index < -0.39 is 0 Å². The van der Waals surface area contributed by atoms with Crippen molar-refractivity contribution in [3.63, 3.8) is 0 Å². The number of azide groups is 1. The molecule has 0 aliphatic carbocycles. The van der Waals surface area contributed by atoms with Gasteiger partial charge in [-0.2, -0.15) is 0 Å². The second-order valence-corrected chi connectivity index (χ2v) is 2.23. The number of hydrogen-bond acceptors (Lipinski definition) is 3. The molecule has 1 aromatic rings. The second-order valence-electron chi connectivity index (χ2n) is 2.23. The topological polar surface area (TPSA) is 78.2 Å². The number of para-hydroxylation sites is 1. The van der Waals surface area contributed by atoms with Crippen molar-refractivity contribution in [3.8, 4) is 5.75 Å². The van der Waals surface area contributed by atoms with E-state index in [1.807, 2.05) is 0 Å². The molecule has 0 spiro atoms. The number of hydrogen-bond donors (Lipinski definition) is 1. The third kappa shape index (κ3) is 2.66. The van der Waals surface area contributed by atoms with E-state index in [2.05, 4.69) is 10.0 Å². The van der Waals surface area contributed by atoms with Gasteiger partial charge >= 0.3 is 0 Å². The molecular weight excluding hydrogens is 170 g/mol. The average Bonchev–Trinajstić information content (AvgIpc) is 2.17. The zero-order valence-corrected chi connectivity index (χ0v) is 6.92. The van der Waals surface area contributed by atoms with Crippen LogP contribution in [0.5, 0.6) is 5.75 Å². The maximum atomic E-state index is 8.52. The third-order valence-electron chi connectivity index (χ3n) is 1.37. The van der Waals surface area contributed by atoms with Crippen LogP contribution < -0.4 is 4.74 Å². The SMILES string of the molecule is [N-]=[N+]=Nc1ccccc1OCCO. The molecule has 68 valence electrons. The fraction of sp³-hybridized carbons (Fsp3) is 0.250. The van der Waals surface area contributed by atoms with Crippen molar-refractivity contribution in [2.45, 2.75) is 0 Å². The van der Waals surface area contributed by atoms with Gasteiger partial charge in [0.05, 0.1) is 12.3 Å². The molecule has 0 bridgehead atoms. The van der Waals surface area contributed by atoms with Crippen LogP contribution in [0, 0.1) is 0 Å².